The quantitative estimate of drug-likeness (QED) is 0.826. The SMILES string of the molecule is CN(Cc1nc2cc(C(F)(F)F)ccc2n1C)[C@@H]1[C@H]2CCO[C@H]2C1(C)C. The molecule has 2 heterocycles. The molecule has 26 heavy (non-hydrogen) atoms. The van der Waals surface area contributed by atoms with Crippen molar-refractivity contribution in [2.45, 2.75) is 45.1 Å². The van der Waals surface area contributed by atoms with Crippen molar-refractivity contribution in [3.63, 3.8) is 0 Å². The zero-order valence-electron chi connectivity index (χ0n) is 15.5. The van der Waals surface area contributed by atoms with Crippen LogP contribution in [-0.2, 0) is 24.5 Å². The summed E-state index contributed by atoms with van der Waals surface area (Å²) in [6.45, 7) is 5.87. The van der Waals surface area contributed by atoms with E-state index in [1.165, 1.54) is 6.07 Å². The molecule has 4 rings (SSSR count). The third-order valence-electron chi connectivity index (χ3n) is 6.21. The molecule has 2 aliphatic rings. The topological polar surface area (TPSA) is 30.3 Å². The number of rotatable bonds is 3. The Kier molecular flexibility index (Phi) is 3.90. The van der Waals surface area contributed by atoms with Gasteiger partial charge in [0.1, 0.15) is 5.82 Å². The molecule has 7 heteroatoms. The number of imidazole rings is 1. The van der Waals surface area contributed by atoms with E-state index in [0.717, 1.165) is 36.5 Å². The van der Waals surface area contributed by atoms with Crippen LogP contribution in [0.15, 0.2) is 18.2 Å². The van der Waals surface area contributed by atoms with Crippen LogP contribution in [-0.4, -0.2) is 40.3 Å². The van der Waals surface area contributed by atoms with Crippen molar-refractivity contribution < 1.29 is 17.9 Å². The standard InChI is InChI=1S/C19H24F3N3O/c1-18(2)16(12-7-8-26-17(12)18)24(3)10-15-23-13-9-11(19(20,21)22)5-6-14(13)25(15)4/h5-6,9,12,16-17H,7-8,10H2,1-4H3/t12-,16-,17-/m1/s1. The second-order valence-electron chi connectivity index (χ2n) is 8.21. The molecule has 1 aliphatic carbocycles. The second-order valence-corrected chi connectivity index (χ2v) is 8.21. The highest BCUT2D eigenvalue weighted by Gasteiger charge is 2.60. The first-order chi connectivity index (χ1) is 12.1. The van der Waals surface area contributed by atoms with Crippen LogP contribution in [0.3, 0.4) is 0 Å². The highest BCUT2D eigenvalue weighted by atomic mass is 19.4. The Morgan fingerprint density at radius 3 is 2.77 bits per heavy atom. The Morgan fingerprint density at radius 1 is 1.35 bits per heavy atom. The highest BCUT2D eigenvalue weighted by molar-refractivity contribution is 5.77. The molecule has 2 fully saturated rings. The van der Waals surface area contributed by atoms with Gasteiger partial charge in [0.2, 0.25) is 0 Å². The fourth-order valence-corrected chi connectivity index (χ4v) is 5.08. The summed E-state index contributed by atoms with van der Waals surface area (Å²) < 4.78 is 46.6. The molecule has 0 unspecified atom stereocenters. The zero-order valence-corrected chi connectivity index (χ0v) is 15.5. The molecule has 0 N–H and O–H groups in total. The molecular weight excluding hydrogens is 343 g/mol. The van der Waals surface area contributed by atoms with E-state index >= 15 is 0 Å². The highest BCUT2D eigenvalue weighted by Crippen LogP contribution is 2.54. The predicted molar refractivity (Wildman–Crippen MR) is 92.6 cm³/mol. The minimum absolute atomic E-state index is 0.0734. The van der Waals surface area contributed by atoms with Gasteiger partial charge in [0.05, 0.1) is 29.2 Å². The summed E-state index contributed by atoms with van der Waals surface area (Å²) in [5.74, 6) is 1.31. The Labute approximate surface area is 150 Å². The fraction of sp³-hybridized carbons (Fsp3) is 0.632. The summed E-state index contributed by atoms with van der Waals surface area (Å²) in [7, 11) is 3.93. The van der Waals surface area contributed by atoms with Gasteiger partial charge in [-0.05, 0) is 31.7 Å². The van der Waals surface area contributed by atoms with Gasteiger partial charge in [-0.2, -0.15) is 13.2 Å². The molecule has 1 saturated carbocycles. The maximum absolute atomic E-state index is 12.9. The van der Waals surface area contributed by atoms with Crippen LogP contribution in [0.4, 0.5) is 13.2 Å². The van der Waals surface area contributed by atoms with Gasteiger partial charge in [-0.15, -0.1) is 0 Å². The van der Waals surface area contributed by atoms with Crippen molar-refractivity contribution in [2.24, 2.45) is 18.4 Å². The second kappa shape index (κ2) is 5.70. The summed E-state index contributed by atoms with van der Waals surface area (Å²) in [5, 5.41) is 0. The number of aryl methyl sites for hydroxylation is 1. The normalized spacial score (nSPS) is 27.8. The van der Waals surface area contributed by atoms with Crippen LogP contribution >= 0.6 is 0 Å². The van der Waals surface area contributed by atoms with Gasteiger partial charge in [-0.1, -0.05) is 13.8 Å². The number of benzene rings is 1. The third kappa shape index (κ3) is 2.55. The van der Waals surface area contributed by atoms with Gasteiger partial charge in [-0.3, -0.25) is 4.90 Å². The third-order valence-corrected chi connectivity index (χ3v) is 6.21. The Balaban J connectivity index is 1.60. The van der Waals surface area contributed by atoms with Gasteiger partial charge >= 0.3 is 6.18 Å². The Morgan fingerprint density at radius 2 is 2.08 bits per heavy atom. The number of halogens is 3. The van der Waals surface area contributed by atoms with Crippen LogP contribution < -0.4 is 0 Å². The number of fused-ring (bicyclic) bond motifs is 2. The van der Waals surface area contributed by atoms with Crippen molar-refractivity contribution in [1.82, 2.24) is 14.5 Å². The van der Waals surface area contributed by atoms with Crippen molar-refractivity contribution in [1.29, 1.82) is 0 Å². The van der Waals surface area contributed by atoms with E-state index < -0.39 is 11.7 Å². The molecule has 2 aromatic rings. The molecular formula is C19H24F3N3O. The summed E-state index contributed by atoms with van der Waals surface area (Å²) in [5.41, 5.74) is 0.523. The maximum atomic E-state index is 12.9. The van der Waals surface area contributed by atoms with Crippen LogP contribution in [0, 0.1) is 11.3 Å². The van der Waals surface area contributed by atoms with E-state index in [9.17, 15) is 13.2 Å². The summed E-state index contributed by atoms with van der Waals surface area (Å²) in [6.07, 6.45) is -2.97. The van der Waals surface area contributed by atoms with Gasteiger partial charge in [-0.25, -0.2) is 4.98 Å². The van der Waals surface area contributed by atoms with Crippen LogP contribution in [0.1, 0.15) is 31.7 Å². The van der Waals surface area contributed by atoms with Crippen molar-refractivity contribution >= 4 is 11.0 Å². The van der Waals surface area contributed by atoms with E-state index in [2.05, 4.69) is 30.8 Å². The van der Waals surface area contributed by atoms with Gasteiger partial charge in [0.25, 0.3) is 0 Å². The van der Waals surface area contributed by atoms with Crippen LogP contribution in [0.25, 0.3) is 11.0 Å². The molecule has 142 valence electrons. The number of nitrogens with zero attached hydrogens (tertiary/aromatic N) is 3. The average Bonchev–Trinajstić information content (AvgIpc) is 3.10. The molecule has 1 aromatic carbocycles. The van der Waals surface area contributed by atoms with Crippen molar-refractivity contribution in [3.8, 4) is 0 Å². The smallest absolute Gasteiger partial charge is 0.377 e. The molecule has 1 saturated heterocycles. The Hall–Kier alpha value is -1.60. The molecule has 0 spiro atoms. The number of alkyl halides is 3. The molecule has 0 bridgehead atoms. The van der Waals surface area contributed by atoms with Crippen LogP contribution in [0.2, 0.25) is 0 Å². The van der Waals surface area contributed by atoms with Gasteiger partial charge in [0, 0.05) is 31.0 Å². The van der Waals surface area contributed by atoms with Crippen molar-refractivity contribution in [3.05, 3.63) is 29.6 Å². The lowest BCUT2D eigenvalue weighted by atomic mass is 9.57. The minimum atomic E-state index is -4.35. The number of ether oxygens (including phenoxy) is 1. The molecule has 4 nitrogen and oxygen atoms in total. The first-order valence-corrected chi connectivity index (χ1v) is 8.95. The van der Waals surface area contributed by atoms with E-state index in [1.54, 1.807) is 0 Å². The van der Waals surface area contributed by atoms with E-state index in [1.807, 2.05) is 11.6 Å². The molecule has 0 amide bonds. The Bertz CT molecular complexity index is 842. The maximum Gasteiger partial charge on any atom is 0.416 e. The summed E-state index contributed by atoms with van der Waals surface area (Å²) in [6, 6.07) is 4.14. The lowest BCUT2D eigenvalue weighted by Crippen LogP contribution is -2.65. The lowest BCUT2D eigenvalue weighted by molar-refractivity contribution is -0.152. The largest absolute Gasteiger partial charge is 0.416 e. The molecule has 1 aliphatic heterocycles. The average molecular weight is 367 g/mol. The number of hydrogen-bond donors (Lipinski definition) is 0. The molecule has 3 atom stereocenters. The monoisotopic (exact) mass is 367 g/mol. The van der Waals surface area contributed by atoms with Gasteiger partial charge in [0.15, 0.2) is 0 Å². The minimum Gasteiger partial charge on any atom is -0.377 e. The zero-order chi connectivity index (χ0) is 18.9. The van der Waals surface area contributed by atoms with Gasteiger partial charge < -0.3 is 9.30 Å². The van der Waals surface area contributed by atoms with Crippen molar-refractivity contribution in [2.75, 3.05) is 13.7 Å². The first-order valence-electron chi connectivity index (χ1n) is 8.95. The molecule has 0 radical (unpaired) electrons. The lowest BCUT2D eigenvalue weighted by Gasteiger charge is -2.57. The predicted octanol–water partition coefficient (Wildman–Crippen LogP) is 3.84. The fourth-order valence-electron chi connectivity index (χ4n) is 5.08. The van der Waals surface area contributed by atoms with E-state index in [-0.39, 0.29) is 5.41 Å². The van der Waals surface area contributed by atoms with E-state index in [0.29, 0.717) is 30.1 Å². The van der Waals surface area contributed by atoms with E-state index in [4.69, 9.17) is 4.74 Å². The summed E-state index contributed by atoms with van der Waals surface area (Å²) >= 11 is 0. The number of hydrogen-bond acceptors (Lipinski definition) is 3. The molecule has 1 aromatic heterocycles. The van der Waals surface area contributed by atoms with Crippen LogP contribution in [0.5, 0.6) is 0 Å². The first kappa shape index (κ1) is 17.8. The summed E-state index contributed by atoms with van der Waals surface area (Å²) in [4.78, 5) is 6.77. The number of aromatic nitrogens is 2.